The summed E-state index contributed by atoms with van der Waals surface area (Å²) < 4.78 is 31.4. The molecule has 7 heteroatoms. The third-order valence-corrected chi connectivity index (χ3v) is 2.72. The Labute approximate surface area is 111 Å². The predicted octanol–water partition coefficient (Wildman–Crippen LogP) is -2.66. The number of ketones is 1. The Morgan fingerprint density at radius 3 is 2.20 bits per heavy atom. The molecule has 0 aromatic rings. The van der Waals surface area contributed by atoms with Crippen LogP contribution in [0.25, 0.3) is 0 Å². The zero-order valence-electron chi connectivity index (χ0n) is 9.03. The van der Waals surface area contributed by atoms with Gasteiger partial charge in [-0.3, -0.25) is 4.79 Å². The summed E-state index contributed by atoms with van der Waals surface area (Å²) in [5.74, 6) is -1.43. The predicted molar refractivity (Wildman–Crippen MR) is 51.3 cm³/mol. The molecule has 0 rings (SSSR count). The van der Waals surface area contributed by atoms with E-state index in [1.165, 1.54) is 13.8 Å². The number of nitrogens with one attached hydrogen (secondary N) is 1. The topological polar surface area (TPSA) is 98.1 Å². The molecule has 0 saturated carbocycles. The molecule has 0 amide bonds. The molecule has 0 atom stereocenters. The second kappa shape index (κ2) is 5.91. The summed E-state index contributed by atoms with van der Waals surface area (Å²) in [6.45, 7) is 5.88. The Balaban J connectivity index is 0. The van der Waals surface area contributed by atoms with Crippen LogP contribution in [0.3, 0.4) is 0 Å². The van der Waals surface area contributed by atoms with Crippen LogP contribution in [0, 0.1) is 10.8 Å². The molecule has 80 valence electrons. The third kappa shape index (κ3) is 6.21. The van der Waals surface area contributed by atoms with E-state index < -0.39 is 32.8 Å². The van der Waals surface area contributed by atoms with Gasteiger partial charge in [0.1, 0.15) is 0 Å². The van der Waals surface area contributed by atoms with Gasteiger partial charge in [-0.25, -0.2) is 8.42 Å². The fourth-order valence-corrected chi connectivity index (χ4v) is 1.98. The molecule has 0 aliphatic rings. The van der Waals surface area contributed by atoms with Crippen LogP contribution in [0.15, 0.2) is 12.7 Å². The maximum Gasteiger partial charge on any atom is 1.00 e. The van der Waals surface area contributed by atoms with E-state index in [0.29, 0.717) is 0 Å². The minimum absolute atomic E-state index is 0. The zero-order chi connectivity index (χ0) is 11.6. The van der Waals surface area contributed by atoms with Gasteiger partial charge in [-0.05, 0) is 6.08 Å². The average Bonchev–Trinajstić information content (AvgIpc) is 1.97. The SMILES string of the molecule is C=CC(=O)C(=N)C(C)(C)CS(=O)(=O)[O-].[Na+]. The number of hydrogen-bond acceptors (Lipinski definition) is 5. The van der Waals surface area contributed by atoms with Gasteiger partial charge in [-0.1, -0.05) is 20.4 Å². The van der Waals surface area contributed by atoms with Crippen molar-refractivity contribution in [2.45, 2.75) is 13.8 Å². The Kier molecular flexibility index (Phi) is 6.85. The van der Waals surface area contributed by atoms with Crippen molar-refractivity contribution in [3.63, 3.8) is 0 Å². The Hall–Kier alpha value is -0.0100. The summed E-state index contributed by atoms with van der Waals surface area (Å²) in [5.41, 5.74) is -1.70. The first-order chi connectivity index (χ1) is 6.10. The second-order valence-corrected chi connectivity index (χ2v) is 4.93. The van der Waals surface area contributed by atoms with E-state index in [-0.39, 0.29) is 29.6 Å². The van der Waals surface area contributed by atoms with E-state index in [1.54, 1.807) is 0 Å². The molecule has 0 spiro atoms. The molecule has 15 heavy (non-hydrogen) atoms. The summed E-state index contributed by atoms with van der Waals surface area (Å²) in [4.78, 5) is 11.0. The number of carbonyl (C=O) groups is 1. The van der Waals surface area contributed by atoms with Crippen LogP contribution < -0.4 is 29.6 Å². The number of hydrogen-bond donors (Lipinski definition) is 1. The fraction of sp³-hybridized carbons (Fsp3) is 0.500. The van der Waals surface area contributed by atoms with E-state index in [1.807, 2.05) is 0 Å². The number of allylic oxidation sites excluding steroid dienone is 1. The van der Waals surface area contributed by atoms with Gasteiger partial charge in [-0.15, -0.1) is 0 Å². The molecular formula is C8H12NNaO4S. The van der Waals surface area contributed by atoms with Crippen molar-refractivity contribution in [2.24, 2.45) is 5.41 Å². The standard InChI is InChI=1S/C8H13NO4S.Na/c1-4-6(10)7(9)8(2,3)5-14(11,12)13;/h4,9H,1,5H2,2-3H3,(H,11,12,13);/q;+1/p-1. The van der Waals surface area contributed by atoms with E-state index >= 15 is 0 Å². The molecule has 0 radical (unpaired) electrons. The molecular weight excluding hydrogens is 229 g/mol. The van der Waals surface area contributed by atoms with E-state index in [4.69, 9.17) is 5.41 Å². The van der Waals surface area contributed by atoms with Crippen molar-refractivity contribution in [1.29, 1.82) is 5.41 Å². The van der Waals surface area contributed by atoms with Crippen LogP contribution in [0.5, 0.6) is 0 Å². The third-order valence-electron chi connectivity index (χ3n) is 1.65. The van der Waals surface area contributed by atoms with Crippen LogP contribution >= 0.6 is 0 Å². The molecule has 0 unspecified atom stereocenters. The van der Waals surface area contributed by atoms with Crippen LogP contribution in [-0.4, -0.2) is 30.2 Å². The summed E-state index contributed by atoms with van der Waals surface area (Å²) in [6, 6.07) is 0. The number of carbonyl (C=O) groups excluding carboxylic acids is 1. The largest absolute Gasteiger partial charge is 1.00 e. The molecule has 0 aromatic carbocycles. The van der Waals surface area contributed by atoms with Gasteiger partial charge in [0.05, 0.1) is 15.8 Å². The van der Waals surface area contributed by atoms with Crippen molar-refractivity contribution in [2.75, 3.05) is 5.75 Å². The van der Waals surface area contributed by atoms with Crippen molar-refractivity contribution in [3.8, 4) is 0 Å². The molecule has 5 nitrogen and oxygen atoms in total. The maximum atomic E-state index is 11.0. The number of rotatable bonds is 5. The fourth-order valence-electron chi connectivity index (χ4n) is 0.950. The molecule has 0 aliphatic heterocycles. The Morgan fingerprint density at radius 1 is 1.53 bits per heavy atom. The van der Waals surface area contributed by atoms with E-state index in [9.17, 15) is 17.8 Å². The average molecular weight is 241 g/mol. The molecule has 0 fully saturated rings. The van der Waals surface area contributed by atoms with E-state index in [2.05, 4.69) is 6.58 Å². The van der Waals surface area contributed by atoms with Crippen LogP contribution in [0.1, 0.15) is 13.8 Å². The van der Waals surface area contributed by atoms with Crippen LogP contribution in [0.4, 0.5) is 0 Å². The van der Waals surface area contributed by atoms with Gasteiger partial charge in [0.2, 0.25) is 0 Å². The summed E-state index contributed by atoms with van der Waals surface area (Å²) in [6.07, 6.45) is 0.918. The summed E-state index contributed by atoms with van der Waals surface area (Å²) in [7, 11) is -4.45. The Bertz CT molecular complexity index is 372. The monoisotopic (exact) mass is 241 g/mol. The van der Waals surface area contributed by atoms with Gasteiger partial charge in [0.15, 0.2) is 5.78 Å². The first-order valence-electron chi connectivity index (χ1n) is 3.79. The van der Waals surface area contributed by atoms with Gasteiger partial charge in [0, 0.05) is 11.2 Å². The quantitative estimate of drug-likeness (QED) is 0.246. The first-order valence-corrected chi connectivity index (χ1v) is 5.37. The van der Waals surface area contributed by atoms with Crippen molar-refractivity contribution >= 4 is 21.6 Å². The Morgan fingerprint density at radius 2 is 1.93 bits per heavy atom. The van der Waals surface area contributed by atoms with Crippen LogP contribution in [-0.2, 0) is 14.9 Å². The van der Waals surface area contributed by atoms with Gasteiger partial charge >= 0.3 is 29.6 Å². The van der Waals surface area contributed by atoms with Crippen LogP contribution in [0.2, 0.25) is 0 Å². The smallest absolute Gasteiger partial charge is 0.748 e. The van der Waals surface area contributed by atoms with Gasteiger partial charge < -0.3 is 9.96 Å². The van der Waals surface area contributed by atoms with Crippen molar-refractivity contribution < 1.29 is 47.3 Å². The molecule has 0 bridgehead atoms. The molecule has 0 aromatic heterocycles. The summed E-state index contributed by atoms with van der Waals surface area (Å²) >= 11 is 0. The maximum absolute atomic E-state index is 11.0. The second-order valence-electron chi connectivity index (χ2n) is 3.53. The van der Waals surface area contributed by atoms with Crippen molar-refractivity contribution in [1.82, 2.24) is 0 Å². The summed E-state index contributed by atoms with van der Waals surface area (Å²) in [5, 5.41) is 7.35. The van der Waals surface area contributed by atoms with E-state index in [0.717, 1.165) is 6.08 Å². The zero-order valence-corrected chi connectivity index (χ0v) is 11.8. The molecule has 0 heterocycles. The molecule has 0 aliphatic carbocycles. The minimum atomic E-state index is -4.45. The minimum Gasteiger partial charge on any atom is -0.748 e. The first kappa shape index (κ1) is 17.4. The normalized spacial score (nSPS) is 11.4. The molecule has 0 saturated heterocycles. The van der Waals surface area contributed by atoms with Gasteiger partial charge in [0.25, 0.3) is 0 Å². The van der Waals surface area contributed by atoms with Crippen molar-refractivity contribution in [3.05, 3.63) is 12.7 Å². The molecule has 1 N–H and O–H groups in total. The van der Waals surface area contributed by atoms with Gasteiger partial charge in [-0.2, -0.15) is 0 Å².